The zero-order valence-corrected chi connectivity index (χ0v) is 13.3. The van der Waals surface area contributed by atoms with Crippen molar-refractivity contribution in [1.29, 1.82) is 0 Å². The first kappa shape index (κ1) is 15.0. The van der Waals surface area contributed by atoms with Crippen molar-refractivity contribution in [3.63, 3.8) is 0 Å². The van der Waals surface area contributed by atoms with Crippen LogP contribution in [0.15, 0.2) is 23.4 Å². The number of rotatable bonds is 5. The summed E-state index contributed by atoms with van der Waals surface area (Å²) in [6, 6.07) is 4.66. The van der Waals surface area contributed by atoms with E-state index in [0.29, 0.717) is 17.2 Å². The van der Waals surface area contributed by atoms with Crippen LogP contribution in [-0.4, -0.2) is 26.4 Å². The molecule has 1 aliphatic carbocycles. The van der Waals surface area contributed by atoms with E-state index >= 15 is 0 Å². The highest BCUT2D eigenvalue weighted by Gasteiger charge is 2.29. The molecule has 1 fully saturated rings. The fraction of sp³-hybridized carbons (Fsp3) is 0.400. The van der Waals surface area contributed by atoms with Crippen LogP contribution in [0, 0.1) is 12.7 Å². The Morgan fingerprint density at radius 1 is 1.45 bits per heavy atom. The van der Waals surface area contributed by atoms with Gasteiger partial charge in [0.15, 0.2) is 5.16 Å². The van der Waals surface area contributed by atoms with Gasteiger partial charge in [0.2, 0.25) is 5.91 Å². The number of aromatic nitrogens is 3. The van der Waals surface area contributed by atoms with Crippen LogP contribution in [0.3, 0.4) is 0 Å². The number of amides is 1. The molecular weight excluding hydrogens is 303 g/mol. The van der Waals surface area contributed by atoms with Crippen molar-refractivity contribution in [1.82, 2.24) is 14.8 Å². The molecule has 0 unspecified atom stereocenters. The average Bonchev–Trinajstić information content (AvgIpc) is 3.25. The smallest absolute Gasteiger partial charge is 0.234 e. The average molecular weight is 320 g/mol. The third kappa shape index (κ3) is 3.30. The molecule has 0 radical (unpaired) electrons. The molecule has 2 aromatic rings. The van der Waals surface area contributed by atoms with Crippen molar-refractivity contribution in [3.05, 3.63) is 35.4 Å². The summed E-state index contributed by atoms with van der Waals surface area (Å²) >= 11 is 1.33. The lowest BCUT2D eigenvalue weighted by atomic mass is 10.2. The Bertz CT molecular complexity index is 712. The lowest BCUT2D eigenvalue weighted by Crippen LogP contribution is -2.14. The van der Waals surface area contributed by atoms with Crippen LogP contribution in [0.4, 0.5) is 10.1 Å². The van der Waals surface area contributed by atoms with Gasteiger partial charge in [-0.25, -0.2) is 4.39 Å². The minimum Gasteiger partial charge on any atom is -0.325 e. The topological polar surface area (TPSA) is 59.8 Å². The number of carbonyl (C=O) groups excluding carboxylic acids is 1. The number of halogens is 1. The molecule has 1 saturated carbocycles. The number of anilines is 1. The van der Waals surface area contributed by atoms with Crippen molar-refractivity contribution in [2.45, 2.75) is 30.8 Å². The Kier molecular flexibility index (Phi) is 4.15. The Balaban J connectivity index is 1.56. The van der Waals surface area contributed by atoms with Crippen molar-refractivity contribution < 1.29 is 9.18 Å². The molecule has 1 aliphatic rings. The number of hydrogen-bond acceptors (Lipinski definition) is 4. The number of nitrogens with zero attached hydrogens (tertiary/aromatic N) is 3. The highest BCUT2D eigenvalue weighted by Crippen LogP contribution is 2.39. The number of hydrogen-bond donors (Lipinski definition) is 1. The van der Waals surface area contributed by atoms with Gasteiger partial charge in [-0.05, 0) is 37.5 Å². The molecule has 1 amide bonds. The van der Waals surface area contributed by atoms with Crippen LogP contribution < -0.4 is 5.32 Å². The van der Waals surface area contributed by atoms with Gasteiger partial charge in [-0.15, -0.1) is 10.2 Å². The minimum atomic E-state index is -0.326. The predicted molar refractivity (Wildman–Crippen MR) is 83.5 cm³/mol. The largest absolute Gasteiger partial charge is 0.325 e. The maximum absolute atomic E-state index is 13.4. The zero-order valence-electron chi connectivity index (χ0n) is 12.5. The van der Waals surface area contributed by atoms with E-state index in [2.05, 4.69) is 15.5 Å². The maximum atomic E-state index is 13.4. The zero-order chi connectivity index (χ0) is 15.7. The Morgan fingerprint density at radius 3 is 2.91 bits per heavy atom. The van der Waals surface area contributed by atoms with Crippen molar-refractivity contribution in [2.24, 2.45) is 7.05 Å². The second kappa shape index (κ2) is 6.08. The van der Waals surface area contributed by atoms with E-state index in [-0.39, 0.29) is 17.5 Å². The first-order valence-corrected chi connectivity index (χ1v) is 8.11. The lowest BCUT2D eigenvalue weighted by molar-refractivity contribution is -0.113. The van der Waals surface area contributed by atoms with E-state index in [1.165, 1.54) is 17.8 Å². The molecule has 1 aromatic carbocycles. The SMILES string of the molecule is Cc1ccc(NC(=O)CSc2nnc(C3CC3)n2C)cc1F. The summed E-state index contributed by atoms with van der Waals surface area (Å²) in [6.07, 6.45) is 2.33. The Morgan fingerprint density at radius 2 is 2.23 bits per heavy atom. The standard InChI is InChI=1S/C15H17FN4OS/c1-9-3-6-11(7-12(9)16)17-13(21)8-22-15-19-18-14(20(15)2)10-4-5-10/h3,6-7,10H,4-5,8H2,1-2H3,(H,17,21). The van der Waals surface area contributed by atoms with Crippen LogP contribution in [0.2, 0.25) is 0 Å². The molecule has 3 rings (SSSR count). The summed E-state index contributed by atoms with van der Waals surface area (Å²) in [7, 11) is 1.92. The van der Waals surface area contributed by atoms with Gasteiger partial charge in [0.25, 0.3) is 0 Å². The molecule has 1 N–H and O–H groups in total. The number of benzene rings is 1. The number of nitrogens with one attached hydrogen (secondary N) is 1. The number of thioether (sulfide) groups is 1. The van der Waals surface area contributed by atoms with Crippen LogP contribution >= 0.6 is 11.8 Å². The first-order valence-electron chi connectivity index (χ1n) is 7.12. The van der Waals surface area contributed by atoms with Crippen molar-refractivity contribution in [2.75, 3.05) is 11.1 Å². The minimum absolute atomic E-state index is 0.191. The lowest BCUT2D eigenvalue weighted by Gasteiger charge is -2.06. The summed E-state index contributed by atoms with van der Waals surface area (Å²) in [6.45, 7) is 1.68. The van der Waals surface area contributed by atoms with Crippen molar-refractivity contribution in [3.8, 4) is 0 Å². The van der Waals surface area contributed by atoms with Crippen LogP contribution in [0.25, 0.3) is 0 Å². The van der Waals surface area contributed by atoms with Gasteiger partial charge >= 0.3 is 0 Å². The van der Waals surface area contributed by atoms with E-state index < -0.39 is 0 Å². The molecule has 0 saturated heterocycles. The predicted octanol–water partition coefficient (Wildman–Crippen LogP) is 2.87. The van der Waals surface area contributed by atoms with Gasteiger partial charge in [-0.2, -0.15) is 0 Å². The number of carbonyl (C=O) groups is 1. The second-order valence-corrected chi connectivity index (χ2v) is 6.42. The molecule has 1 heterocycles. The summed E-state index contributed by atoms with van der Waals surface area (Å²) < 4.78 is 15.4. The van der Waals surface area contributed by atoms with Gasteiger partial charge in [0, 0.05) is 18.7 Å². The van der Waals surface area contributed by atoms with Gasteiger partial charge < -0.3 is 9.88 Å². The monoisotopic (exact) mass is 320 g/mol. The molecular formula is C15H17FN4OS. The molecule has 0 spiro atoms. The first-order chi connectivity index (χ1) is 10.5. The second-order valence-electron chi connectivity index (χ2n) is 5.47. The Hall–Kier alpha value is -1.89. The molecule has 116 valence electrons. The van der Waals surface area contributed by atoms with E-state index in [1.807, 2.05) is 11.6 Å². The summed E-state index contributed by atoms with van der Waals surface area (Å²) in [4.78, 5) is 11.9. The van der Waals surface area contributed by atoms with Gasteiger partial charge in [0.05, 0.1) is 5.75 Å². The van der Waals surface area contributed by atoms with Crippen LogP contribution in [0.5, 0.6) is 0 Å². The van der Waals surface area contributed by atoms with Crippen molar-refractivity contribution >= 4 is 23.4 Å². The summed E-state index contributed by atoms with van der Waals surface area (Å²) in [5.74, 6) is 1.21. The molecule has 0 bridgehead atoms. The van der Waals surface area contributed by atoms with Gasteiger partial charge in [0.1, 0.15) is 11.6 Å². The number of aryl methyl sites for hydroxylation is 1. The molecule has 0 aliphatic heterocycles. The maximum Gasteiger partial charge on any atom is 0.234 e. The third-order valence-corrected chi connectivity index (χ3v) is 4.62. The van der Waals surface area contributed by atoms with E-state index in [4.69, 9.17) is 0 Å². The Labute approximate surface area is 132 Å². The van der Waals surface area contributed by atoms with Crippen LogP contribution in [0.1, 0.15) is 30.1 Å². The summed E-state index contributed by atoms with van der Waals surface area (Å²) in [5, 5.41) is 11.7. The highest BCUT2D eigenvalue weighted by atomic mass is 32.2. The molecule has 1 aromatic heterocycles. The summed E-state index contributed by atoms with van der Waals surface area (Å²) in [5.41, 5.74) is 1.02. The van der Waals surface area contributed by atoms with Gasteiger partial charge in [-0.1, -0.05) is 17.8 Å². The molecule has 5 nitrogen and oxygen atoms in total. The highest BCUT2D eigenvalue weighted by molar-refractivity contribution is 7.99. The van der Waals surface area contributed by atoms with E-state index in [0.717, 1.165) is 23.8 Å². The third-order valence-electron chi connectivity index (χ3n) is 3.60. The fourth-order valence-electron chi connectivity index (χ4n) is 2.15. The van der Waals surface area contributed by atoms with Crippen LogP contribution in [-0.2, 0) is 11.8 Å². The fourth-order valence-corrected chi connectivity index (χ4v) is 2.86. The quantitative estimate of drug-likeness (QED) is 0.861. The van der Waals surface area contributed by atoms with Gasteiger partial charge in [-0.3, -0.25) is 4.79 Å². The molecule has 0 atom stereocenters. The molecule has 7 heteroatoms. The van der Waals surface area contributed by atoms with E-state index in [9.17, 15) is 9.18 Å². The molecule has 22 heavy (non-hydrogen) atoms. The normalized spacial score (nSPS) is 14.1. The van der Waals surface area contributed by atoms with E-state index in [1.54, 1.807) is 19.1 Å².